The van der Waals surface area contributed by atoms with Crippen molar-refractivity contribution in [3.8, 4) is 0 Å². The van der Waals surface area contributed by atoms with E-state index in [0.29, 0.717) is 5.56 Å². The van der Waals surface area contributed by atoms with Crippen LogP contribution in [-0.2, 0) is 4.74 Å². The van der Waals surface area contributed by atoms with Crippen LogP contribution in [-0.4, -0.2) is 63.6 Å². The number of aliphatic hydroxyl groups is 4. The Morgan fingerprint density at radius 3 is 2.40 bits per heavy atom. The highest BCUT2D eigenvalue weighted by molar-refractivity contribution is 5.94. The number of ether oxygens (including phenoxy) is 1. The van der Waals surface area contributed by atoms with Crippen LogP contribution in [0.15, 0.2) is 30.3 Å². The van der Waals surface area contributed by atoms with E-state index in [1.807, 2.05) is 0 Å². The Kier molecular flexibility index (Phi) is 4.69. The number of hydrogen-bond acceptors (Lipinski definition) is 6. The summed E-state index contributed by atoms with van der Waals surface area (Å²) in [5.41, 5.74) is 0.352. The highest BCUT2D eigenvalue weighted by atomic mass is 16.6. The second-order valence-electron chi connectivity index (χ2n) is 4.59. The monoisotopic (exact) mass is 283 g/mol. The molecular formula is C13H17NO6. The first-order valence-electron chi connectivity index (χ1n) is 6.21. The number of hydrogen-bond donors (Lipinski definition) is 5. The number of amides is 1. The molecule has 1 heterocycles. The third kappa shape index (κ3) is 2.97. The van der Waals surface area contributed by atoms with E-state index in [9.17, 15) is 20.1 Å². The van der Waals surface area contributed by atoms with Crippen LogP contribution < -0.4 is 5.32 Å². The Balaban J connectivity index is 2.07. The zero-order chi connectivity index (χ0) is 14.7. The summed E-state index contributed by atoms with van der Waals surface area (Å²) in [4.78, 5) is 11.9. The van der Waals surface area contributed by atoms with Crippen LogP contribution in [0.5, 0.6) is 0 Å². The van der Waals surface area contributed by atoms with Gasteiger partial charge in [0.15, 0.2) is 6.29 Å². The molecule has 20 heavy (non-hydrogen) atoms. The Labute approximate surface area is 115 Å². The minimum atomic E-state index is -1.52. The second-order valence-corrected chi connectivity index (χ2v) is 4.59. The Morgan fingerprint density at radius 2 is 1.80 bits per heavy atom. The Morgan fingerprint density at radius 1 is 1.15 bits per heavy atom. The van der Waals surface area contributed by atoms with E-state index in [2.05, 4.69) is 5.32 Å². The number of carbonyl (C=O) groups excluding carboxylic acids is 1. The van der Waals surface area contributed by atoms with Crippen molar-refractivity contribution in [3.63, 3.8) is 0 Å². The molecule has 0 aliphatic carbocycles. The maximum atomic E-state index is 11.9. The van der Waals surface area contributed by atoms with Crippen molar-refractivity contribution in [3.05, 3.63) is 35.9 Å². The molecule has 110 valence electrons. The van der Waals surface area contributed by atoms with Gasteiger partial charge in [0.25, 0.3) is 5.91 Å². The van der Waals surface area contributed by atoms with Gasteiger partial charge in [-0.05, 0) is 12.1 Å². The number of benzene rings is 1. The second kappa shape index (κ2) is 6.29. The SMILES string of the molecule is O=C(N[C@@H]1C(O)OC(CO)[C@@H](O)[C@@H]1O)c1ccccc1. The summed E-state index contributed by atoms with van der Waals surface area (Å²) in [6, 6.07) is 7.07. The summed E-state index contributed by atoms with van der Waals surface area (Å²) in [7, 11) is 0. The normalized spacial score (nSPS) is 33.7. The Bertz CT molecular complexity index is 453. The molecule has 5 atom stereocenters. The molecule has 1 aromatic carbocycles. The molecule has 1 fully saturated rings. The van der Waals surface area contributed by atoms with Crippen molar-refractivity contribution in [2.75, 3.05) is 6.61 Å². The predicted octanol–water partition coefficient (Wildman–Crippen LogP) is -1.78. The van der Waals surface area contributed by atoms with Gasteiger partial charge in [-0.3, -0.25) is 4.79 Å². The smallest absolute Gasteiger partial charge is 0.251 e. The molecule has 5 N–H and O–H groups in total. The molecule has 0 radical (unpaired) electrons. The van der Waals surface area contributed by atoms with Crippen molar-refractivity contribution in [1.82, 2.24) is 5.32 Å². The lowest BCUT2D eigenvalue weighted by molar-refractivity contribution is -0.252. The fraction of sp³-hybridized carbons (Fsp3) is 0.462. The molecule has 7 nitrogen and oxygen atoms in total. The molecule has 1 saturated heterocycles. The van der Waals surface area contributed by atoms with E-state index < -0.39 is 43.2 Å². The molecule has 0 bridgehead atoms. The van der Waals surface area contributed by atoms with E-state index in [-0.39, 0.29) is 0 Å². The average molecular weight is 283 g/mol. The minimum absolute atomic E-state index is 0.352. The molecule has 1 aliphatic heterocycles. The lowest BCUT2D eigenvalue weighted by atomic mass is 9.97. The summed E-state index contributed by atoms with van der Waals surface area (Å²) < 4.78 is 4.95. The summed E-state index contributed by atoms with van der Waals surface area (Å²) in [5, 5.41) is 40.7. The fourth-order valence-electron chi connectivity index (χ4n) is 2.08. The van der Waals surface area contributed by atoms with Crippen LogP contribution in [0.3, 0.4) is 0 Å². The number of rotatable bonds is 3. The first kappa shape index (κ1) is 14.9. The minimum Gasteiger partial charge on any atom is -0.394 e. The number of aliphatic hydroxyl groups excluding tert-OH is 4. The molecule has 0 saturated carbocycles. The van der Waals surface area contributed by atoms with Crippen LogP contribution in [0.25, 0.3) is 0 Å². The number of nitrogens with one attached hydrogen (secondary N) is 1. The van der Waals surface area contributed by atoms with Crippen molar-refractivity contribution in [2.45, 2.75) is 30.6 Å². The standard InChI is InChI=1S/C13H17NO6/c15-6-8-10(16)11(17)9(13(19)20-8)14-12(18)7-4-2-1-3-5-7/h1-5,8-11,13,15-17,19H,6H2,(H,14,18)/t8?,9-,10+,11+,13?/m0/s1. The van der Waals surface area contributed by atoms with Crippen LogP contribution >= 0.6 is 0 Å². The van der Waals surface area contributed by atoms with Crippen molar-refractivity contribution >= 4 is 5.91 Å². The molecule has 0 aromatic heterocycles. The Hall–Kier alpha value is -1.51. The molecule has 2 unspecified atom stereocenters. The van der Waals surface area contributed by atoms with Crippen molar-refractivity contribution in [1.29, 1.82) is 0 Å². The van der Waals surface area contributed by atoms with Gasteiger partial charge in [0.2, 0.25) is 0 Å². The third-order valence-corrected chi connectivity index (χ3v) is 3.23. The first-order chi connectivity index (χ1) is 9.54. The average Bonchev–Trinajstić information content (AvgIpc) is 2.48. The van der Waals surface area contributed by atoms with E-state index in [0.717, 1.165) is 0 Å². The van der Waals surface area contributed by atoms with Crippen LogP contribution in [0.4, 0.5) is 0 Å². The van der Waals surface area contributed by atoms with Crippen molar-refractivity contribution < 1.29 is 30.0 Å². The molecule has 1 aromatic rings. The summed E-state index contributed by atoms with van der Waals surface area (Å²) in [6.45, 7) is -0.547. The van der Waals surface area contributed by atoms with Gasteiger partial charge in [-0.2, -0.15) is 0 Å². The van der Waals surface area contributed by atoms with E-state index in [1.165, 1.54) is 0 Å². The van der Waals surface area contributed by atoms with Gasteiger partial charge in [0.05, 0.1) is 6.61 Å². The maximum Gasteiger partial charge on any atom is 0.251 e. The summed E-state index contributed by atoms with van der Waals surface area (Å²) in [5.74, 6) is -0.507. The van der Waals surface area contributed by atoms with Gasteiger partial charge >= 0.3 is 0 Å². The number of carbonyl (C=O) groups is 1. The van der Waals surface area contributed by atoms with Crippen LogP contribution in [0, 0.1) is 0 Å². The van der Waals surface area contributed by atoms with Gasteiger partial charge in [-0.15, -0.1) is 0 Å². The highest BCUT2D eigenvalue weighted by Crippen LogP contribution is 2.20. The molecule has 0 spiro atoms. The zero-order valence-electron chi connectivity index (χ0n) is 10.6. The molecule has 1 aliphatic rings. The van der Waals surface area contributed by atoms with E-state index >= 15 is 0 Å². The van der Waals surface area contributed by atoms with Gasteiger partial charge in [0.1, 0.15) is 24.4 Å². The van der Waals surface area contributed by atoms with Crippen LogP contribution in [0.1, 0.15) is 10.4 Å². The molecular weight excluding hydrogens is 266 g/mol. The zero-order valence-corrected chi connectivity index (χ0v) is 10.6. The molecule has 2 rings (SSSR count). The topological polar surface area (TPSA) is 119 Å². The quantitative estimate of drug-likeness (QED) is 0.447. The van der Waals surface area contributed by atoms with Gasteiger partial charge < -0.3 is 30.5 Å². The summed E-state index contributed by atoms with van der Waals surface area (Å²) in [6.07, 6.45) is -5.45. The van der Waals surface area contributed by atoms with Gasteiger partial charge in [-0.25, -0.2) is 0 Å². The summed E-state index contributed by atoms with van der Waals surface area (Å²) >= 11 is 0. The third-order valence-electron chi connectivity index (χ3n) is 3.23. The molecule has 1 amide bonds. The maximum absolute atomic E-state index is 11.9. The van der Waals surface area contributed by atoms with Crippen LogP contribution in [0.2, 0.25) is 0 Å². The fourth-order valence-corrected chi connectivity index (χ4v) is 2.08. The predicted molar refractivity (Wildman–Crippen MR) is 67.7 cm³/mol. The first-order valence-corrected chi connectivity index (χ1v) is 6.21. The highest BCUT2D eigenvalue weighted by Gasteiger charge is 2.44. The van der Waals surface area contributed by atoms with Gasteiger partial charge in [0, 0.05) is 5.56 Å². The lowest BCUT2D eigenvalue weighted by Crippen LogP contribution is -2.64. The van der Waals surface area contributed by atoms with Crippen molar-refractivity contribution in [2.24, 2.45) is 0 Å². The lowest BCUT2D eigenvalue weighted by Gasteiger charge is -2.40. The van der Waals surface area contributed by atoms with E-state index in [1.54, 1.807) is 30.3 Å². The van der Waals surface area contributed by atoms with E-state index in [4.69, 9.17) is 9.84 Å². The molecule has 7 heteroatoms. The van der Waals surface area contributed by atoms with Gasteiger partial charge in [-0.1, -0.05) is 18.2 Å². The largest absolute Gasteiger partial charge is 0.394 e.